The third-order valence-electron chi connectivity index (χ3n) is 3.39. The summed E-state index contributed by atoms with van der Waals surface area (Å²) in [6.45, 7) is 4.08. The van der Waals surface area contributed by atoms with Gasteiger partial charge in [0.15, 0.2) is 5.78 Å². The summed E-state index contributed by atoms with van der Waals surface area (Å²) in [6, 6.07) is 10.4. The number of carbonyl (C=O) groups excluding carboxylic acids is 1. The molecule has 1 heteroatoms. The first-order valence-electron chi connectivity index (χ1n) is 5.93. The van der Waals surface area contributed by atoms with Crippen LogP contribution in [0.4, 0.5) is 0 Å². The molecule has 1 aliphatic carbocycles. The molecule has 1 aromatic carbocycles. The predicted octanol–water partition coefficient (Wildman–Crippen LogP) is 3.86. The van der Waals surface area contributed by atoms with Crippen molar-refractivity contribution in [1.29, 1.82) is 0 Å². The van der Waals surface area contributed by atoms with Gasteiger partial charge in [-0.15, -0.1) is 0 Å². The molecule has 1 atom stereocenters. The van der Waals surface area contributed by atoms with Crippen LogP contribution >= 0.6 is 0 Å². The highest BCUT2D eigenvalue weighted by atomic mass is 16.1. The molecule has 2 rings (SSSR count). The van der Waals surface area contributed by atoms with Gasteiger partial charge in [-0.1, -0.05) is 35.9 Å². The first kappa shape index (κ1) is 11.1. The van der Waals surface area contributed by atoms with E-state index in [2.05, 4.69) is 24.3 Å². The number of ketones is 1. The maximum absolute atomic E-state index is 12.0. The van der Waals surface area contributed by atoms with Gasteiger partial charge in [-0.25, -0.2) is 0 Å². The molecule has 16 heavy (non-hydrogen) atoms. The van der Waals surface area contributed by atoms with E-state index in [1.807, 2.05) is 19.9 Å². The lowest BCUT2D eigenvalue weighted by molar-refractivity contribution is -0.116. The Kier molecular flexibility index (Phi) is 3.23. The molecule has 1 aliphatic rings. The van der Waals surface area contributed by atoms with Gasteiger partial charge in [-0.2, -0.15) is 0 Å². The van der Waals surface area contributed by atoms with Crippen LogP contribution in [0.5, 0.6) is 0 Å². The topological polar surface area (TPSA) is 17.1 Å². The first-order valence-corrected chi connectivity index (χ1v) is 5.93. The second-order valence-electron chi connectivity index (χ2n) is 4.75. The fourth-order valence-electron chi connectivity index (χ4n) is 2.45. The average molecular weight is 214 g/mol. The lowest BCUT2D eigenvalue weighted by Crippen LogP contribution is -2.17. The van der Waals surface area contributed by atoms with Crippen molar-refractivity contribution >= 4 is 5.78 Å². The average Bonchev–Trinajstić information content (AvgIpc) is 2.29. The molecule has 1 aromatic rings. The Morgan fingerprint density at radius 2 is 1.88 bits per heavy atom. The lowest BCUT2D eigenvalue weighted by Gasteiger charge is -2.24. The van der Waals surface area contributed by atoms with E-state index in [0.717, 1.165) is 18.4 Å². The van der Waals surface area contributed by atoms with E-state index < -0.39 is 0 Å². The molecule has 0 radical (unpaired) electrons. The van der Waals surface area contributed by atoms with Gasteiger partial charge in [0.05, 0.1) is 0 Å². The zero-order valence-electron chi connectivity index (χ0n) is 9.99. The molecule has 0 unspecified atom stereocenters. The van der Waals surface area contributed by atoms with E-state index in [4.69, 9.17) is 0 Å². The highest BCUT2D eigenvalue weighted by Gasteiger charge is 2.25. The van der Waals surface area contributed by atoms with Crippen molar-refractivity contribution in [3.05, 3.63) is 47.0 Å². The van der Waals surface area contributed by atoms with Gasteiger partial charge in [-0.3, -0.25) is 4.79 Å². The van der Waals surface area contributed by atoms with Gasteiger partial charge in [0.25, 0.3) is 0 Å². The largest absolute Gasteiger partial charge is 0.295 e. The van der Waals surface area contributed by atoms with Gasteiger partial charge in [-0.05, 0) is 43.7 Å². The Labute approximate surface area is 97.2 Å². The molecular weight excluding hydrogens is 196 g/mol. The summed E-state index contributed by atoms with van der Waals surface area (Å²) in [5.74, 6) is 0.775. The summed E-state index contributed by atoms with van der Waals surface area (Å²) in [7, 11) is 0. The Morgan fingerprint density at radius 3 is 2.44 bits per heavy atom. The standard InChI is InChI=1S/C15H18O/c1-11(2)14-9-8-13(10-15(14)16)12-6-4-3-5-7-12/h3-7,13H,8-10H2,1-2H3/t13-/m0/s1. The van der Waals surface area contributed by atoms with Crippen LogP contribution < -0.4 is 0 Å². The van der Waals surface area contributed by atoms with Crippen LogP contribution in [0, 0.1) is 0 Å². The zero-order chi connectivity index (χ0) is 11.5. The van der Waals surface area contributed by atoms with Crippen LogP contribution in [0.2, 0.25) is 0 Å². The molecule has 1 saturated carbocycles. The van der Waals surface area contributed by atoms with E-state index in [9.17, 15) is 4.79 Å². The molecule has 0 aromatic heterocycles. The number of Topliss-reactive ketones (excluding diaryl/α,β-unsaturated/α-hetero) is 1. The SMILES string of the molecule is CC(C)=C1CC[C@H](c2ccccc2)CC1=O. The minimum absolute atomic E-state index is 0.347. The monoisotopic (exact) mass is 214 g/mol. The molecule has 1 nitrogen and oxygen atoms in total. The van der Waals surface area contributed by atoms with Crippen LogP contribution in [0.3, 0.4) is 0 Å². The van der Waals surface area contributed by atoms with Crippen molar-refractivity contribution in [1.82, 2.24) is 0 Å². The van der Waals surface area contributed by atoms with Gasteiger partial charge in [0.2, 0.25) is 0 Å². The minimum Gasteiger partial charge on any atom is -0.295 e. The van der Waals surface area contributed by atoms with E-state index in [1.54, 1.807) is 0 Å². The number of allylic oxidation sites excluding steroid dienone is 2. The van der Waals surface area contributed by atoms with Crippen LogP contribution in [0.15, 0.2) is 41.5 Å². The number of benzene rings is 1. The fourth-order valence-corrected chi connectivity index (χ4v) is 2.45. The highest BCUT2D eigenvalue weighted by Crippen LogP contribution is 2.34. The van der Waals surface area contributed by atoms with Gasteiger partial charge >= 0.3 is 0 Å². The first-order chi connectivity index (χ1) is 7.68. The Balaban J connectivity index is 2.15. The molecular formula is C15H18O. The van der Waals surface area contributed by atoms with Crippen LogP contribution in [0.1, 0.15) is 44.6 Å². The lowest BCUT2D eigenvalue weighted by atomic mass is 9.79. The van der Waals surface area contributed by atoms with Crippen molar-refractivity contribution in [2.24, 2.45) is 0 Å². The predicted molar refractivity (Wildman–Crippen MR) is 66.4 cm³/mol. The van der Waals surface area contributed by atoms with E-state index >= 15 is 0 Å². The van der Waals surface area contributed by atoms with E-state index in [-0.39, 0.29) is 0 Å². The molecule has 0 amide bonds. The maximum atomic E-state index is 12.0. The quantitative estimate of drug-likeness (QED) is 0.649. The summed E-state index contributed by atoms with van der Waals surface area (Å²) >= 11 is 0. The van der Waals surface area contributed by atoms with E-state index in [1.165, 1.54) is 11.1 Å². The van der Waals surface area contributed by atoms with Crippen molar-refractivity contribution in [2.75, 3.05) is 0 Å². The van der Waals surface area contributed by atoms with Crippen molar-refractivity contribution in [2.45, 2.75) is 39.0 Å². The number of hydrogen-bond donors (Lipinski definition) is 0. The molecule has 84 valence electrons. The molecule has 0 heterocycles. The second kappa shape index (κ2) is 4.65. The molecule has 0 saturated heterocycles. The summed E-state index contributed by atoms with van der Waals surface area (Å²) in [5, 5.41) is 0. The summed E-state index contributed by atoms with van der Waals surface area (Å²) in [6.07, 6.45) is 2.74. The molecule has 0 aliphatic heterocycles. The van der Waals surface area contributed by atoms with Gasteiger partial charge in [0, 0.05) is 6.42 Å². The Morgan fingerprint density at radius 1 is 1.19 bits per heavy atom. The molecule has 1 fully saturated rings. The number of carbonyl (C=O) groups is 1. The van der Waals surface area contributed by atoms with Crippen molar-refractivity contribution in [3.8, 4) is 0 Å². The third-order valence-corrected chi connectivity index (χ3v) is 3.39. The van der Waals surface area contributed by atoms with Crippen LogP contribution in [0.25, 0.3) is 0 Å². The summed E-state index contributed by atoms with van der Waals surface area (Å²) in [4.78, 5) is 12.0. The summed E-state index contributed by atoms with van der Waals surface area (Å²) < 4.78 is 0. The Bertz CT molecular complexity index is 410. The molecule has 0 N–H and O–H groups in total. The normalized spacial score (nSPS) is 21.0. The maximum Gasteiger partial charge on any atom is 0.159 e. The van der Waals surface area contributed by atoms with Gasteiger partial charge in [0.1, 0.15) is 0 Å². The van der Waals surface area contributed by atoms with E-state index in [0.29, 0.717) is 18.1 Å². The zero-order valence-corrected chi connectivity index (χ0v) is 9.99. The highest BCUT2D eigenvalue weighted by molar-refractivity contribution is 5.97. The molecule has 0 spiro atoms. The second-order valence-corrected chi connectivity index (χ2v) is 4.75. The van der Waals surface area contributed by atoms with Crippen LogP contribution in [-0.2, 0) is 4.79 Å². The van der Waals surface area contributed by atoms with Crippen molar-refractivity contribution in [3.63, 3.8) is 0 Å². The number of rotatable bonds is 1. The van der Waals surface area contributed by atoms with Gasteiger partial charge < -0.3 is 0 Å². The molecule has 0 bridgehead atoms. The fraction of sp³-hybridized carbons (Fsp3) is 0.400. The minimum atomic E-state index is 0.347. The number of hydrogen-bond acceptors (Lipinski definition) is 1. The van der Waals surface area contributed by atoms with Crippen LogP contribution in [-0.4, -0.2) is 5.78 Å². The third kappa shape index (κ3) is 2.24. The smallest absolute Gasteiger partial charge is 0.159 e. The Hall–Kier alpha value is -1.37. The van der Waals surface area contributed by atoms with Crippen molar-refractivity contribution < 1.29 is 4.79 Å². The summed E-state index contributed by atoms with van der Waals surface area (Å²) in [5.41, 5.74) is 3.56.